The van der Waals surface area contributed by atoms with Gasteiger partial charge in [-0.1, -0.05) is 25.1 Å². The van der Waals surface area contributed by atoms with Crippen LogP contribution in [0.1, 0.15) is 39.0 Å². The maximum Gasteiger partial charge on any atom is 0.227 e. The summed E-state index contributed by atoms with van der Waals surface area (Å²) in [5.74, 6) is 1.01. The zero-order valence-corrected chi connectivity index (χ0v) is 15.0. The second kappa shape index (κ2) is 9.00. The number of amides is 1. The Labute approximate surface area is 146 Å². The molecule has 0 atom stereocenters. The molecule has 0 fully saturated rings. The highest BCUT2D eigenvalue weighted by atomic mass is 35.5. The van der Waals surface area contributed by atoms with Gasteiger partial charge in [0.1, 0.15) is 0 Å². The summed E-state index contributed by atoms with van der Waals surface area (Å²) in [5, 5.41) is 8.92. The predicted octanol–water partition coefficient (Wildman–Crippen LogP) is 2.79. The molecule has 6 nitrogen and oxygen atoms in total. The third kappa shape index (κ3) is 5.02. The Hall–Kier alpha value is -1.44. The van der Waals surface area contributed by atoms with E-state index in [-0.39, 0.29) is 23.9 Å². The number of nitrogens with one attached hydrogen (secondary N) is 1. The minimum absolute atomic E-state index is 0. The minimum atomic E-state index is -0.311. The highest BCUT2D eigenvalue weighted by Crippen LogP contribution is 2.21. The summed E-state index contributed by atoms with van der Waals surface area (Å²) in [6, 6.07) is 3.87. The van der Waals surface area contributed by atoms with Crippen LogP contribution in [-0.2, 0) is 11.2 Å². The SMILES string of the molecule is CCC(CC)(CN)NC(=O)CCc1nc(-c2cccs2)no1.Cl. The largest absolute Gasteiger partial charge is 0.349 e. The van der Waals surface area contributed by atoms with Crippen LogP contribution in [0.25, 0.3) is 10.7 Å². The molecular weight excluding hydrogens is 336 g/mol. The maximum atomic E-state index is 12.1. The van der Waals surface area contributed by atoms with Crippen LogP contribution in [-0.4, -0.2) is 28.1 Å². The van der Waals surface area contributed by atoms with Crippen molar-refractivity contribution in [1.82, 2.24) is 15.5 Å². The van der Waals surface area contributed by atoms with Crippen LogP contribution >= 0.6 is 23.7 Å². The first-order chi connectivity index (χ1) is 10.6. The van der Waals surface area contributed by atoms with E-state index in [2.05, 4.69) is 15.5 Å². The fourth-order valence-corrected chi connectivity index (χ4v) is 2.86. The Bertz CT molecular complexity index is 588. The van der Waals surface area contributed by atoms with Crippen LogP contribution in [0, 0.1) is 0 Å². The van der Waals surface area contributed by atoms with Crippen LogP contribution in [0.15, 0.2) is 22.0 Å². The number of hydrogen-bond donors (Lipinski definition) is 2. The summed E-state index contributed by atoms with van der Waals surface area (Å²) in [4.78, 5) is 17.4. The molecule has 0 spiro atoms. The third-order valence-corrected chi connectivity index (χ3v) is 4.79. The number of thiophene rings is 1. The van der Waals surface area contributed by atoms with Crippen LogP contribution in [0.4, 0.5) is 0 Å². The van der Waals surface area contributed by atoms with Gasteiger partial charge in [-0.05, 0) is 24.3 Å². The Morgan fingerprint density at radius 2 is 2.17 bits per heavy atom. The van der Waals surface area contributed by atoms with E-state index in [0.29, 0.717) is 31.1 Å². The Morgan fingerprint density at radius 1 is 1.43 bits per heavy atom. The molecule has 0 aromatic carbocycles. The number of carbonyl (C=O) groups excluding carboxylic acids is 1. The van der Waals surface area contributed by atoms with Crippen molar-refractivity contribution in [1.29, 1.82) is 0 Å². The summed E-state index contributed by atoms with van der Waals surface area (Å²) in [6.45, 7) is 4.50. The summed E-state index contributed by atoms with van der Waals surface area (Å²) in [6.07, 6.45) is 2.37. The second-order valence-corrected chi connectivity index (χ2v) is 6.18. The predicted molar refractivity (Wildman–Crippen MR) is 93.7 cm³/mol. The normalized spacial score (nSPS) is 11.1. The zero-order chi connectivity index (χ0) is 16.0. The van der Waals surface area contributed by atoms with E-state index >= 15 is 0 Å². The van der Waals surface area contributed by atoms with Crippen molar-refractivity contribution >= 4 is 29.7 Å². The summed E-state index contributed by atoms with van der Waals surface area (Å²) in [7, 11) is 0. The van der Waals surface area contributed by atoms with Gasteiger partial charge in [0.25, 0.3) is 0 Å². The quantitative estimate of drug-likeness (QED) is 0.756. The molecular formula is C15H23ClN4O2S. The molecule has 0 radical (unpaired) electrons. The average Bonchev–Trinajstić information content (AvgIpc) is 3.21. The Kier molecular flexibility index (Phi) is 7.67. The van der Waals surface area contributed by atoms with Gasteiger partial charge in [0.05, 0.1) is 10.4 Å². The van der Waals surface area contributed by atoms with Crippen molar-refractivity contribution in [3.05, 3.63) is 23.4 Å². The van der Waals surface area contributed by atoms with E-state index in [1.807, 2.05) is 31.4 Å². The lowest BCUT2D eigenvalue weighted by Crippen LogP contribution is -2.52. The summed E-state index contributed by atoms with van der Waals surface area (Å²) >= 11 is 1.55. The van der Waals surface area contributed by atoms with Crippen LogP contribution < -0.4 is 11.1 Å². The van der Waals surface area contributed by atoms with Gasteiger partial charge < -0.3 is 15.6 Å². The van der Waals surface area contributed by atoms with E-state index in [0.717, 1.165) is 17.7 Å². The summed E-state index contributed by atoms with van der Waals surface area (Å²) < 4.78 is 5.19. The Morgan fingerprint density at radius 3 is 2.74 bits per heavy atom. The smallest absolute Gasteiger partial charge is 0.227 e. The molecule has 2 aromatic rings. The fourth-order valence-electron chi connectivity index (χ4n) is 2.21. The first kappa shape index (κ1) is 19.6. The lowest BCUT2D eigenvalue weighted by molar-refractivity contribution is -0.123. The van der Waals surface area contributed by atoms with Crippen molar-refractivity contribution in [2.75, 3.05) is 6.54 Å². The highest BCUT2D eigenvalue weighted by molar-refractivity contribution is 7.13. The van der Waals surface area contributed by atoms with E-state index < -0.39 is 0 Å². The van der Waals surface area contributed by atoms with Crippen molar-refractivity contribution < 1.29 is 9.32 Å². The van der Waals surface area contributed by atoms with Gasteiger partial charge in [-0.25, -0.2) is 0 Å². The van der Waals surface area contributed by atoms with Gasteiger partial charge in [0.15, 0.2) is 0 Å². The number of aryl methyl sites for hydroxylation is 1. The van der Waals surface area contributed by atoms with Crippen molar-refractivity contribution in [2.45, 2.75) is 45.1 Å². The number of aromatic nitrogens is 2. The molecule has 0 aliphatic carbocycles. The molecule has 128 valence electrons. The van der Waals surface area contributed by atoms with Gasteiger partial charge in [-0.15, -0.1) is 23.7 Å². The Balaban J connectivity index is 0.00000264. The molecule has 2 rings (SSSR count). The molecule has 1 amide bonds. The van der Waals surface area contributed by atoms with Gasteiger partial charge in [0.2, 0.25) is 17.6 Å². The molecule has 23 heavy (non-hydrogen) atoms. The number of rotatable bonds is 8. The van der Waals surface area contributed by atoms with Gasteiger partial charge >= 0.3 is 0 Å². The van der Waals surface area contributed by atoms with E-state index in [1.54, 1.807) is 11.3 Å². The van der Waals surface area contributed by atoms with E-state index in [4.69, 9.17) is 10.3 Å². The second-order valence-electron chi connectivity index (χ2n) is 5.23. The molecule has 0 unspecified atom stereocenters. The molecule has 0 aliphatic heterocycles. The summed E-state index contributed by atoms with van der Waals surface area (Å²) in [5.41, 5.74) is 5.48. The van der Waals surface area contributed by atoms with E-state index in [9.17, 15) is 4.79 Å². The molecule has 0 aliphatic rings. The van der Waals surface area contributed by atoms with Crippen molar-refractivity contribution in [3.8, 4) is 10.7 Å². The fraction of sp³-hybridized carbons (Fsp3) is 0.533. The monoisotopic (exact) mass is 358 g/mol. The molecule has 2 heterocycles. The van der Waals surface area contributed by atoms with Crippen molar-refractivity contribution in [2.24, 2.45) is 5.73 Å². The molecule has 0 saturated carbocycles. The number of halogens is 1. The van der Waals surface area contributed by atoms with Gasteiger partial charge in [0, 0.05) is 19.4 Å². The molecule has 8 heteroatoms. The van der Waals surface area contributed by atoms with E-state index in [1.165, 1.54) is 0 Å². The molecule has 2 aromatic heterocycles. The van der Waals surface area contributed by atoms with Crippen LogP contribution in [0.5, 0.6) is 0 Å². The highest BCUT2D eigenvalue weighted by Gasteiger charge is 2.26. The third-order valence-electron chi connectivity index (χ3n) is 3.92. The molecule has 0 saturated heterocycles. The lowest BCUT2D eigenvalue weighted by atomic mass is 9.92. The number of hydrogen-bond acceptors (Lipinski definition) is 6. The first-order valence-electron chi connectivity index (χ1n) is 7.50. The zero-order valence-electron chi connectivity index (χ0n) is 13.4. The number of nitrogens with zero attached hydrogens (tertiary/aromatic N) is 2. The minimum Gasteiger partial charge on any atom is -0.349 e. The standard InChI is InChI=1S/C15H22N4O2S.ClH/c1-3-15(4-2,10-16)18-12(20)7-8-13-17-14(19-21-13)11-6-5-9-22-11;/h5-6,9H,3-4,7-8,10,16H2,1-2H3,(H,18,20);1H. The number of carbonyl (C=O) groups is 1. The van der Waals surface area contributed by atoms with Crippen LogP contribution in [0.3, 0.4) is 0 Å². The van der Waals surface area contributed by atoms with Crippen molar-refractivity contribution in [3.63, 3.8) is 0 Å². The average molecular weight is 359 g/mol. The van der Waals surface area contributed by atoms with Crippen LogP contribution in [0.2, 0.25) is 0 Å². The molecule has 0 bridgehead atoms. The molecule has 3 N–H and O–H groups in total. The van der Waals surface area contributed by atoms with Gasteiger partial charge in [-0.2, -0.15) is 4.98 Å². The van der Waals surface area contributed by atoms with Gasteiger partial charge in [-0.3, -0.25) is 4.79 Å². The topological polar surface area (TPSA) is 94.0 Å². The maximum absolute atomic E-state index is 12.1. The number of nitrogens with two attached hydrogens (primary N) is 1. The first-order valence-corrected chi connectivity index (χ1v) is 8.38. The lowest BCUT2D eigenvalue weighted by Gasteiger charge is -2.31.